The van der Waals surface area contributed by atoms with Crippen molar-refractivity contribution in [3.05, 3.63) is 23.3 Å². The van der Waals surface area contributed by atoms with E-state index in [1.807, 2.05) is 13.8 Å². The van der Waals surface area contributed by atoms with Gasteiger partial charge in [-0.1, -0.05) is 12.8 Å². The third-order valence-electron chi connectivity index (χ3n) is 4.10. The summed E-state index contributed by atoms with van der Waals surface area (Å²) in [6.07, 6.45) is 4.13. The number of rotatable bonds is 4. The van der Waals surface area contributed by atoms with E-state index in [1.165, 1.54) is 0 Å². The van der Waals surface area contributed by atoms with Gasteiger partial charge in [0, 0.05) is 18.8 Å². The molecule has 0 saturated heterocycles. The summed E-state index contributed by atoms with van der Waals surface area (Å²) in [5.41, 5.74) is 4.74. The van der Waals surface area contributed by atoms with Gasteiger partial charge in [-0.3, -0.25) is 5.84 Å². The Bertz CT molecular complexity index is 569. The second kappa shape index (κ2) is 5.71. The van der Waals surface area contributed by atoms with E-state index in [-0.39, 0.29) is 6.04 Å². The van der Waals surface area contributed by atoms with E-state index in [0.717, 1.165) is 42.5 Å². The minimum absolute atomic E-state index is 0.131. The Morgan fingerprint density at radius 1 is 1.20 bits per heavy atom. The van der Waals surface area contributed by atoms with Crippen LogP contribution in [0.1, 0.15) is 36.8 Å². The average Bonchev–Trinajstić information content (AvgIpc) is 2.90. The maximum absolute atomic E-state index is 12.8. The van der Waals surface area contributed by atoms with Crippen molar-refractivity contribution < 1.29 is 8.42 Å². The van der Waals surface area contributed by atoms with Crippen LogP contribution < -0.4 is 11.3 Å². The maximum atomic E-state index is 12.8. The van der Waals surface area contributed by atoms with Crippen LogP contribution in [0.5, 0.6) is 0 Å². The summed E-state index contributed by atoms with van der Waals surface area (Å²) in [6.45, 7) is 3.62. The Hall–Kier alpha value is -1.11. The Morgan fingerprint density at radius 3 is 2.15 bits per heavy atom. The monoisotopic (exact) mass is 297 g/mol. The van der Waals surface area contributed by atoms with Crippen LogP contribution in [0.3, 0.4) is 0 Å². The van der Waals surface area contributed by atoms with Crippen LogP contribution in [-0.4, -0.2) is 25.8 Å². The standard InChI is InChI=1S/C14H23N3O2S/c1-10-8-12(16-15)9-11(2)14(10)20(18,19)17(3)13-6-4-5-7-13/h8-9,13,16H,4-7,15H2,1-3H3. The van der Waals surface area contributed by atoms with Crippen molar-refractivity contribution in [3.8, 4) is 0 Å². The first-order chi connectivity index (χ1) is 9.37. The van der Waals surface area contributed by atoms with Crippen molar-refractivity contribution in [2.45, 2.75) is 50.5 Å². The molecule has 1 aromatic carbocycles. The molecule has 1 aliphatic carbocycles. The lowest BCUT2D eigenvalue weighted by molar-refractivity contribution is 0.372. The lowest BCUT2D eigenvalue weighted by Gasteiger charge is -2.25. The quantitative estimate of drug-likeness (QED) is 0.659. The molecule has 1 fully saturated rings. The number of benzene rings is 1. The first kappa shape index (κ1) is 15.3. The number of hydrogen-bond donors (Lipinski definition) is 2. The first-order valence-corrected chi connectivity index (χ1v) is 8.38. The van der Waals surface area contributed by atoms with Gasteiger partial charge in [0.1, 0.15) is 0 Å². The van der Waals surface area contributed by atoms with E-state index >= 15 is 0 Å². The molecule has 0 spiro atoms. The molecule has 3 N–H and O–H groups in total. The lowest BCUT2D eigenvalue weighted by atomic mass is 10.1. The van der Waals surface area contributed by atoms with Gasteiger partial charge >= 0.3 is 0 Å². The predicted molar refractivity (Wildman–Crippen MR) is 80.9 cm³/mol. The summed E-state index contributed by atoms with van der Waals surface area (Å²) in [7, 11) is -1.75. The van der Waals surface area contributed by atoms with Crippen LogP contribution in [0, 0.1) is 13.8 Å². The zero-order valence-corrected chi connectivity index (χ0v) is 13.1. The fourth-order valence-electron chi connectivity index (χ4n) is 3.05. The van der Waals surface area contributed by atoms with Gasteiger partial charge < -0.3 is 5.43 Å². The highest BCUT2D eigenvalue weighted by molar-refractivity contribution is 7.89. The zero-order valence-electron chi connectivity index (χ0n) is 12.3. The normalized spacial score (nSPS) is 16.9. The van der Waals surface area contributed by atoms with Crippen molar-refractivity contribution in [3.63, 3.8) is 0 Å². The van der Waals surface area contributed by atoms with Gasteiger partial charge in [-0.25, -0.2) is 8.42 Å². The van der Waals surface area contributed by atoms with Crippen molar-refractivity contribution >= 4 is 15.7 Å². The molecule has 112 valence electrons. The molecule has 0 heterocycles. The first-order valence-electron chi connectivity index (χ1n) is 6.94. The highest BCUT2D eigenvalue weighted by atomic mass is 32.2. The molecule has 2 rings (SSSR count). The van der Waals surface area contributed by atoms with Gasteiger partial charge in [-0.15, -0.1) is 0 Å². The number of nitrogens with zero attached hydrogens (tertiary/aromatic N) is 1. The van der Waals surface area contributed by atoms with Crippen LogP contribution in [0.2, 0.25) is 0 Å². The summed E-state index contributed by atoms with van der Waals surface area (Å²) in [5.74, 6) is 5.40. The molecule has 1 saturated carbocycles. The van der Waals surface area contributed by atoms with Gasteiger partial charge in [0.05, 0.1) is 4.90 Å². The van der Waals surface area contributed by atoms with Crippen molar-refractivity contribution in [1.82, 2.24) is 4.31 Å². The molecule has 1 aliphatic rings. The van der Waals surface area contributed by atoms with Crippen LogP contribution in [0.4, 0.5) is 5.69 Å². The number of sulfonamides is 1. The molecule has 6 heteroatoms. The molecule has 1 aromatic rings. The number of hydrogen-bond acceptors (Lipinski definition) is 4. The summed E-state index contributed by atoms with van der Waals surface area (Å²) in [4.78, 5) is 0.408. The summed E-state index contributed by atoms with van der Waals surface area (Å²) in [5, 5.41) is 0. The molecule has 0 aliphatic heterocycles. The number of nitrogen functional groups attached to an aromatic ring is 1. The Morgan fingerprint density at radius 2 is 1.70 bits per heavy atom. The summed E-state index contributed by atoms with van der Waals surface area (Å²) < 4.78 is 27.2. The zero-order chi connectivity index (χ0) is 14.9. The molecule has 0 radical (unpaired) electrons. The number of hydrazine groups is 1. The third kappa shape index (κ3) is 2.68. The molecular formula is C14H23N3O2S. The molecule has 0 bridgehead atoms. The van der Waals surface area contributed by atoms with E-state index in [0.29, 0.717) is 4.90 Å². The maximum Gasteiger partial charge on any atom is 0.243 e. The van der Waals surface area contributed by atoms with E-state index < -0.39 is 10.0 Å². The summed E-state index contributed by atoms with van der Waals surface area (Å²) in [6, 6.07) is 3.66. The van der Waals surface area contributed by atoms with Crippen LogP contribution in [-0.2, 0) is 10.0 Å². The second-order valence-electron chi connectivity index (χ2n) is 5.54. The molecule has 0 aromatic heterocycles. The fourth-order valence-corrected chi connectivity index (χ4v) is 4.87. The molecule has 5 nitrogen and oxygen atoms in total. The van der Waals surface area contributed by atoms with E-state index in [4.69, 9.17) is 5.84 Å². The lowest BCUT2D eigenvalue weighted by Crippen LogP contribution is -2.36. The Labute approximate surface area is 121 Å². The minimum atomic E-state index is -3.44. The molecule has 0 amide bonds. The van der Waals surface area contributed by atoms with Crippen LogP contribution >= 0.6 is 0 Å². The smallest absolute Gasteiger partial charge is 0.243 e. The fraction of sp³-hybridized carbons (Fsp3) is 0.571. The number of nitrogens with two attached hydrogens (primary N) is 1. The second-order valence-corrected chi connectivity index (χ2v) is 7.48. The number of anilines is 1. The topological polar surface area (TPSA) is 75.4 Å². The SMILES string of the molecule is Cc1cc(NN)cc(C)c1S(=O)(=O)N(C)C1CCCC1. The highest BCUT2D eigenvalue weighted by Crippen LogP contribution is 2.31. The van der Waals surface area contributed by atoms with E-state index in [9.17, 15) is 8.42 Å². The van der Waals surface area contributed by atoms with Gasteiger partial charge in [-0.2, -0.15) is 4.31 Å². The van der Waals surface area contributed by atoms with Gasteiger partial charge in [0.15, 0.2) is 0 Å². The molecule has 0 atom stereocenters. The number of nitrogens with one attached hydrogen (secondary N) is 1. The summed E-state index contributed by atoms with van der Waals surface area (Å²) >= 11 is 0. The molecule has 20 heavy (non-hydrogen) atoms. The highest BCUT2D eigenvalue weighted by Gasteiger charge is 2.32. The minimum Gasteiger partial charge on any atom is -0.324 e. The third-order valence-corrected chi connectivity index (χ3v) is 6.32. The van der Waals surface area contributed by atoms with Crippen molar-refractivity contribution in [1.29, 1.82) is 0 Å². The van der Waals surface area contributed by atoms with Crippen LogP contribution in [0.15, 0.2) is 17.0 Å². The van der Waals surface area contributed by atoms with Crippen molar-refractivity contribution in [2.24, 2.45) is 5.84 Å². The number of aryl methyl sites for hydroxylation is 2. The van der Waals surface area contributed by atoms with Gasteiger partial charge in [0.2, 0.25) is 10.0 Å². The Kier molecular flexibility index (Phi) is 4.36. The van der Waals surface area contributed by atoms with E-state index in [2.05, 4.69) is 5.43 Å². The van der Waals surface area contributed by atoms with Crippen LogP contribution in [0.25, 0.3) is 0 Å². The van der Waals surface area contributed by atoms with Crippen molar-refractivity contribution in [2.75, 3.05) is 12.5 Å². The molecular weight excluding hydrogens is 274 g/mol. The van der Waals surface area contributed by atoms with Gasteiger partial charge in [-0.05, 0) is 49.9 Å². The van der Waals surface area contributed by atoms with E-state index in [1.54, 1.807) is 23.5 Å². The predicted octanol–water partition coefficient (Wildman–Crippen LogP) is 2.15. The van der Waals surface area contributed by atoms with Gasteiger partial charge in [0.25, 0.3) is 0 Å². The average molecular weight is 297 g/mol. The molecule has 0 unspecified atom stereocenters. The Balaban J connectivity index is 2.43. The largest absolute Gasteiger partial charge is 0.324 e.